The second-order valence-corrected chi connectivity index (χ2v) is 4.62. The lowest BCUT2D eigenvalue weighted by atomic mass is 10.0. The first kappa shape index (κ1) is 11.6. The number of hydrogen-bond donors (Lipinski definition) is 1. The van der Waals surface area contributed by atoms with Crippen LogP contribution in [-0.4, -0.2) is 36.1 Å². The van der Waals surface area contributed by atoms with Gasteiger partial charge in [-0.15, -0.1) is 0 Å². The van der Waals surface area contributed by atoms with E-state index in [9.17, 15) is 0 Å². The number of nitrogens with one attached hydrogen (secondary N) is 1. The molecule has 1 aromatic rings. The zero-order valence-corrected chi connectivity index (χ0v) is 10.2. The molecule has 0 saturated carbocycles. The minimum absolute atomic E-state index is 0.838. The maximum absolute atomic E-state index is 4.55. The summed E-state index contributed by atoms with van der Waals surface area (Å²) in [6.07, 6.45) is 0. The van der Waals surface area contributed by atoms with Crippen molar-refractivity contribution >= 4 is 0 Å². The van der Waals surface area contributed by atoms with Crippen LogP contribution in [0.3, 0.4) is 0 Å². The Morgan fingerprint density at radius 1 is 1.44 bits per heavy atom. The minimum atomic E-state index is 0.838. The number of hydrogen-bond acceptors (Lipinski definition) is 3. The van der Waals surface area contributed by atoms with Crippen molar-refractivity contribution in [3.63, 3.8) is 0 Å². The van der Waals surface area contributed by atoms with E-state index in [1.165, 1.54) is 25.3 Å². The Hall–Kier alpha value is -0.930. The molecule has 1 saturated heterocycles. The molecule has 3 nitrogen and oxygen atoms in total. The number of nitrogens with zero attached hydrogens (tertiary/aromatic N) is 2. The molecule has 88 valence electrons. The van der Waals surface area contributed by atoms with Crippen molar-refractivity contribution in [2.24, 2.45) is 5.92 Å². The maximum atomic E-state index is 4.55. The van der Waals surface area contributed by atoms with Crippen LogP contribution in [0.4, 0.5) is 0 Å². The van der Waals surface area contributed by atoms with Crippen molar-refractivity contribution in [2.45, 2.75) is 20.4 Å². The molecule has 0 bridgehead atoms. The predicted molar refractivity (Wildman–Crippen MR) is 66.3 cm³/mol. The maximum Gasteiger partial charge on any atom is 0.0547 e. The minimum Gasteiger partial charge on any atom is -0.316 e. The summed E-state index contributed by atoms with van der Waals surface area (Å²) in [5.41, 5.74) is 2.30. The van der Waals surface area contributed by atoms with Crippen molar-refractivity contribution in [3.8, 4) is 0 Å². The van der Waals surface area contributed by atoms with Crippen LogP contribution in [0.2, 0.25) is 0 Å². The molecular weight excluding hydrogens is 198 g/mol. The van der Waals surface area contributed by atoms with Gasteiger partial charge in [0.1, 0.15) is 0 Å². The zero-order chi connectivity index (χ0) is 11.4. The van der Waals surface area contributed by atoms with Crippen molar-refractivity contribution in [2.75, 3.05) is 26.2 Å². The molecule has 0 spiro atoms. The third kappa shape index (κ3) is 3.03. The van der Waals surface area contributed by atoms with E-state index in [4.69, 9.17) is 0 Å². The third-order valence-electron chi connectivity index (χ3n) is 3.16. The molecule has 0 amide bonds. The molecule has 2 rings (SSSR count). The van der Waals surface area contributed by atoms with Crippen LogP contribution in [0.15, 0.2) is 18.2 Å². The standard InChI is InChI=1S/C13H21N3/c1-3-16(9-12-7-14-8-12)10-13-6-4-5-11(2)15-13/h4-6,12,14H,3,7-10H2,1-2H3. The summed E-state index contributed by atoms with van der Waals surface area (Å²) in [5.74, 6) is 0.838. The first-order valence-corrected chi connectivity index (χ1v) is 6.13. The molecule has 0 atom stereocenters. The molecule has 16 heavy (non-hydrogen) atoms. The molecule has 1 aliphatic heterocycles. The predicted octanol–water partition coefficient (Wildman–Crippen LogP) is 1.43. The first-order chi connectivity index (χ1) is 7.78. The summed E-state index contributed by atoms with van der Waals surface area (Å²) in [6.45, 7) is 9.91. The molecule has 0 aliphatic carbocycles. The van der Waals surface area contributed by atoms with Gasteiger partial charge in [-0.05, 0) is 31.5 Å². The Morgan fingerprint density at radius 3 is 2.81 bits per heavy atom. The summed E-state index contributed by atoms with van der Waals surface area (Å²) < 4.78 is 0. The highest BCUT2D eigenvalue weighted by molar-refractivity contribution is 5.09. The van der Waals surface area contributed by atoms with Gasteiger partial charge in [0, 0.05) is 31.9 Å². The molecule has 0 aromatic carbocycles. The van der Waals surface area contributed by atoms with Crippen LogP contribution in [-0.2, 0) is 6.54 Å². The number of rotatable bonds is 5. The summed E-state index contributed by atoms with van der Waals surface area (Å²) >= 11 is 0. The van der Waals surface area contributed by atoms with Gasteiger partial charge in [-0.3, -0.25) is 9.88 Å². The van der Waals surface area contributed by atoms with E-state index < -0.39 is 0 Å². The van der Waals surface area contributed by atoms with Crippen molar-refractivity contribution in [3.05, 3.63) is 29.6 Å². The average Bonchev–Trinajstić information content (AvgIpc) is 2.21. The van der Waals surface area contributed by atoms with Crippen LogP contribution >= 0.6 is 0 Å². The fourth-order valence-corrected chi connectivity index (χ4v) is 2.06. The Balaban J connectivity index is 1.89. The van der Waals surface area contributed by atoms with Crippen LogP contribution < -0.4 is 5.32 Å². The molecule has 0 radical (unpaired) electrons. The van der Waals surface area contributed by atoms with Crippen molar-refractivity contribution < 1.29 is 0 Å². The molecular formula is C13H21N3. The van der Waals surface area contributed by atoms with Gasteiger partial charge in [0.2, 0.25) is 0 Å². The molecule has 1 N–H and O–H groups in total. The highest BCUT2D eigenvalue weighted by Crippen LogP contribution is 2.09. The van der Waals surface area contributed by atoms with Crippen molar-refractivity contribution in [1.29, 1.82) is 0 Å². The lowest BCUT2D eigenvalue weighted by Gasteiger charge is -2.32. The van der Waals surface area contributed by atoms with E-state index in [-0.39, 0.29) is 0 Å². The lowest BCUT2D eigenvalue weighted by molar-refractivity contribution is 0.192. The molecule has 1 aliphatic rings. The summed E-state index contributed by atoms with van der Waals surface area (Å²) in [7, 11) is 0. The SMILES string of the molecule is CCN(Cc1cccc(C)n1)CC1CNC1. The normalized spacial score (nSPS) is 16.4. The molecule has 1 aromatic heterocycles. The largest absolute Gasteiger partial charge is 0.316 e. The van der Waals surface area contributed by atoms with Gasteiger partial charge >= 0.3 is 0 Å². The Morgan fingerprint density at radius 2 is 2.25 bits per heavy atom. The zero-order valence-electron chi connectivity index (χ0n) is 10.2. The topological polar surface area (TPSA) is 28.2 Å². The highest BCUT2D eigenvalue weighted by Gasteiger charge is 2.19. The number of pyridine rings is 1. The summed E-state index contributed by atoms with van der Waals surface area (Å²) in [6, 6.07) is 6.26. The molecule has 0 unspecified atom stereocenters. The molecule has 1 fully saturated rings. The second-order valence-electron chi connectivity index (χ2n) is 4.62. The number of aromatic nitrogens is 1. The first-order valence-electron chi connectivity index (χ1n) is 6.13. The van der Waals surface area contributed by atoms with Crippen LogP contribution in [0, 0.1) is 12.8 Å². The third-order valence-corrected chi connectivity index (χ3v) is 3.16. The van der Waals surface area contributed by atoms with E-state index in [0.29, 0.717) is 0 Å². The average molecular weight is 219 g/mol. The fraction of sp³-hybridized carbons (Fsp3) is 0.615. The quantitative estimate of drug-likeness (QED) is 0.812. The van der Waals surface area contributed by atoms with Crippen LogP contribution in [0.5, 0.6) is 0 Å². The fourth-order valence-electron chi connectivity index (χ4n) is 2.06. The van der Waals surface area contributed by atoms with E-state index in [1.54, 1.807) is 0 Å². The molecule has 3 heteroatoms. The van der Waals surface area contributed by atoms with E-state index in [1.807, 2.05) is 0 Å². The Bertz CT molecular complexity index is 334. The van der Waals surface area contributed by atoms with E-state index >= 15 is 0 Å². The van der Waals surface area contributed by atoms with Gasteiger partial charge in [0.15, 0.2) is 0 Å². The van der Waals surface area contributed by atoms with E-state index in [2.05, 4.69) is 47.2 Å². The lowest BCUT2D eigenvalue weighted by Crippen LogP contribution is -2.48. The Labute approximate surface area is 97.9 Å². The van der Waals surface area contributed by atoms with Gasteiger partial charge in [-0.1, -0.05) is 13.0 Å². The van der Waals surface area contributed by atoms with Gasteiger partial charge in [-0.25, -0.2) is 0 Å². The van der Waals surface area contributed by atoms with Crippen LogP contribution in [0.25, 0.3) is 0 Å². The van der Waals surface area contributed by atoms with Crippen molar-refractivity contribution in [1.82, 2.24) is 15.2 Å². The highest BCUT2D eigenvalue weighted by atomic mass is 15.1. The molecule has 2 heterocycles. The Kier molecular flexibility index (Phi) is 3.91. The van der Waals surface area contributed by atoms with Gasteiger partial charge in [-0.2, -0.15) is 0 Å². The van der Waals surface area contributed by atoms with Gasteiger partial charge < -0.3 is 5.32 Å². The summed E-state index contributed by atoms with van der Waals surface area (Å²) in [5, 5.41) is 3.32. The number of aryl methyl sites for hydroxylation is 1. The van der Waals surface area contributed by atoms with Crippen LogP contribution in [0.1, 0.15) is 18.3 Å². The van der Waals surface area contributed by atoms with Gasteiger partial charge in [0.25, 0.3) is 0 Å². The monoisotopic (exact) mass is 219 g/mol. The van der Waals surface area contributed by atoms with Gasteiger partial charge in [0.05, 0.1) is 5.69 Å². The smallest absolute Gasteiger partial charge is 0.0547 e. The summed E-state index contributed by atoms with van der Waals surface area (Å²) in [4.78, 5) is 7.03. The van der Waals surface area contributed by atoms with E-state index in [0.717, 1.165) is 24.7 Å². The second kappa shape index (κ2) is 5.41.